The van der Waals surface area contributed by atoms with Gasteiger partial charge in [0, 0.05) is 23.1 Å². The van der Waals surface area contributed by atoms with Crippen LogP contribution in [0.25, 0.3) is 11.4 Å². The first-order valence-electron chi connectivity index (χ1n) is 5.28. The van der Waals surface area contributed by atoms with Crippen molar-refractivity contribution in [3.05, 3.63) is 28.2 Å². The van der Waals surface area contributed by atoms with Crippen LogP contribution in [0.3, 0.4) is 0 Å². The molecular weight excluding hydrogens is 277 g/mol. The number of nitrogens with zero attached hydrogens (tertiary/aromatic N) is 2. The van der Waals surface area contributed by atoms with E-state index in [0.717, 1.165) is 10.7 Å². The Morgan fingerprint density at radius 3 is 2.76 bits per heavy atom. The summed E-state index contributed by atoms with van der Waals surface area (Å²) >= 11 is 13.2. The average molecular weight is 286 g/mol. The van der Waals surface area contributed by atoms with E-state index in [0.29, 0.717) is 21.9 Å². The van der Waals surface area contributed by atoms with Gasteiger partial charge in [0.05, 0.1) is 10.0 Å². The molecule has 1 aliphatic carbocycles. The van der Waals surface area contributed by atoms with Crippen molar-refractivity contribution in [1.82, 2.24) is 9.36 Å². The molecule has 0 spiro atoms. The molecule has 0 aliphatic heterocycles. The fraction of sp³-hybridized carbons (Fsp3) is 0.273. The molecule has 0 atom stereocenters. The van der Waals surface area contributed by atoms with E-state index in [2.05, 4.69) is 14.7 Å². The van der Waals surface area contributed by atoms with Crippen LogP contribution in [0.4, 0.5) is 5.13 Å². The molecule has 3 nitrogen and oxygen atoms in total. The van der Waals surface area contributed by atoms with Crippen LogP contribution in [-0.4, -0.2) is 15.4 Å². The zero-order chi connectivity index (χ0) is 11.8. The number of hydrogen-bond acceptors (Lipinski definition) is 4. The number of halogens is 2. The zero-order valence-electron chi connectivity index (χ0n) is 8.78. The molecule has 0 bridgehead atoms. The van der Waals surface area contributed by atoms with Crippen molar-refractivity contribution in [3.63, 3.8) is 0 Å². The molecule has 6 heteroatoms. The third-order valence-corrected chi connectivity index (χ3v) is 3.89. The summed E-state index contributed by atoms with van der Waals surface area (Å²) in [5.74, 6) is 0.691. The van der Waals surface area contributed by atoms with E-state index < -0.39 is 0 Å². The highest BCUT2D eigenvalue weighted by molar-refractivity contribution is 7.09. The number of aromatic nitrogens is 2. The molecule has 1 fully saturated rings. The van der Waals surface area contributed by atoms with Crippen LogP contribution in [0.1, 0.15) is 12.8 Å². The maximum absolute atomic E-state index is 5.97. The van der Waals surface area contributed by atoms with Gasteiger partial charge in [0.1, 0.15) is 0 Å². The molecule has 0 saturated heterocycles. The second-order valence-electron chi connectivity index (χ2n) is 3.97. The van der Waals surface area contributed by atoms with E-state index in [1.807, 2.05) is 6.07 Å². The van der Waals surface area contributed by atoms with E-state index >= 15 is 0 Å². The minimum atomic E-state index is 0.524. The molecule has 1 aromatic heterocycles. The van der Waals surface area contributed by atoms with Crippen molar-refractivity contribution in [3.8, 4) is 11.4 Å². The first-order valence-corrected chi connectivity index (χ1v) is 6.81. The Morgan fingerprint density at radius 2 is 2.06 bits per heavy atom. The Bertz CT molecular complexity index is 551. The van der Waals surface area contributed by atoms with E-state index in [1.165, 1.54) is 24.4 Å². The summed E-state index contributed by atoms with van der Waals surface area (Å²) < 4.78 is 4.30. The quantitative estimate of drug-likeness (QED) is 0.923. The summed E-state index contributed by atoms with van der Waals surface area (Å²) in [5.41, 5.74) is 0.888. The Labute approximate surface area is 113 Å². The Hall–Kier alpha value is -0.840. The van der Waals surface area contributed by atoms with Crippen molar-refractivity contribution in [1.29, 1.82) is 0 Å². The van der Waals surface area contributed by atoms with Crippen molar-refractivity contribution in [2.75, 3.05) is 5.32 Å². The number of nitrogens with one attached hydrogen (secondary N) is 1. The van der Waals surface area contributed by atoms with Crippen LogP contribution in [0.2, 0.25) is 10.0 Å². The number of anilines is 1. The minimum Gasteiger partial charge on any atom is -0.358 e. The van der Waals surface area contributed by atoms with E-state index in [4.69, 9.17) is 23.2 Å². The Balaban J connectivity index is 1.86. The van der Waals surface area contributed by atoms with Gasteiger partial charge in [-0.25, -0.2) is 0 Å². The summed E-state index contributed by atoms with van der Waals surface area (Å²) in [6.45, 7) is 0. The van der Waals surface area contributed by atoms with Gasteiger partial charge >= 0.3 is 0 Å². The first-order chi connectivity index (χ1) is 8.22. The van der Waals surface area contributed by atoms with E-state index in [-0.39, 0.29) is 0 Å². The van der Waals surface area contributed by atoms with Crippen LogP contribution in [0, 0.1) is 0 Å². The second kappa shape index (κ2) is 4.44. The van der Waals surface area contributed by atoms with Crippen LogP contribution >= 0.6 is 34.7 Å². The topological polar surface area (TPSA) is 37.8 Å². The van der Waals surface area contributed by atoms with Gasteiger partial charge in [-0.15, -0.1) is 0 Å². The number of rotatable bonds is 3. The van der Waals surface area contributed by atoms with Crippen LogP contribution < -0.4 is 5.32 Å². The maximum Gasteiger partial charge on any atom is 0.203 e. The monoisotopic (exact) mass is 285 g/mol. The molecule has 1 heterocycles. The molecular formula is C11H9Cl2N3S. The van der Waals surface area contributed by atoms with Gasteiger partial charge in [-0.2, -0.15) is 9.36 Å². The van der Waals surface area contributed by atoms with Gasteiger partial charge in [0.25, 0.3) is 0 Å². The second-order valence-corrected chi connectivity index (χ2v) is 5.54. The average Bonchev–Trinajstić information content (AvgIpc) is 2.99. The standard InChI is InChI=1S/C11H9Cl2N3S/c12-8-4-1-6(5-9(8)13)10-15-11(17-16-10)14-7-2-3-7/h1,4-5,7H,2-3H2,(H,14,15,16). The largest absolute Gasteiger partial charge is 0.358 e. The Kier molecular flexibility index (Phi) is 2.94. The van der Waals surface area contributed by atoms with Crippen molar-refractivity contribution >= 4 is 39.9 Å². The number of hydrogen-bond donors (Lipinski definition) is 1. The lowest BCUT2D eigenvalue weighted by Gasteiger charge is -1.98. The fourth-order valence-corrected chi connectivity index (χ4v) is 2.40. The van der Waals surface area contributed by atoms with Gasteiger partial charge in [-0.05, 0) is 31.0 Å². The van der Waals surface area contributed by atoms with E-state index in [9.17, 15) is 0 Å². The predicted octanol–water partition coefficient (Wildman–Crippen LogP) is 4.09. The zero-order valence-corrected chi connectivity index (χ0v) is 11.1. The molecule has 0 radical (unpaired) electrons. The van der Waals surface area contributed by atoms with Crippen LogP contribution in [0.15, 0.2) is 18.2 Å². The van der Waals surface area contributed by atoms with Gasteiger partial charge < -0.3 is 5.32 Å². The molecule has 1 aliphatic rings. The SMILES string of the molecule is Clc1ccc(-c2nsc(NC3CC3)n2)cc1Cl. The summed E-state index contributed by atoms with van der Waals surface area (Å²) in [4.78, 5) is 4.43. The summed E-state index contributed by atoms with van der Waals surface area (Å²) in [6.07, 6.45) is 2.45. The van der Waals surface area contributed by atoms with Gasteiger partial charge in [-0.3, -0.25) is 0 Å². The smallest absolute Gasteiger partial charge is 0.203 e. The summed E-state index contributed by atoms with van der Waals surface area (Å²) in [6, 6.07) is 6.00. The molecule has 1 saturated carbocycles. The maximum atomic E-state index is 5.97. The van der Waals surface area contributed by atoms with Gasteiger partial charge in [0.2, 0.25) is 5.13 Å². The third kappa shape index (κ3) is 2.54. The van der Waals surface area contributed by atoms with Crippen LogP contribution in [-0.2, 0) is 0 Å². The first kappa shape index (κ1) is 11.3. The lowest BCUT2D eigenvalue weighted by molar-refractivity contribution is 1.14. The molecule has 1 aromatic carbocycles. The predicted molar refractivity (Wildman–Crippen MR) is 72.0 cm³/mol. The van der Waals surface area contributed by atoms with Crippen molar-refractivity contribution in [2.45, 2.75) is 18.9 Å². The highest BCUT2D eigenvalue weighted by Crippen LogP contribution is 2.30. The Morgan fingerprint density at radius 1 is 1.24 bits per heavy atom. The molecule has 0 amide bonds. The fourth-order valence-electron chi connectivity index (χ4n) is 1.44. The normalized spacial score (nSPS) is 14.9. The highest BCUT2D eigenvalue weighted by Gasteiger charge is 2.22. The van der Waals surface area contributed by atoms with Gasteiger partial charge in [-0.1, -0.05) is 23.2 Å². The lowest BCUT2D eigenvalue weighted by Crippen LogP contribution is -1.99. The molecule has 88 valence electrons. The molecule has 3 rings (SSSR count). The van der Waals surface area contributed by atoms with Gasteiger partial charge in [0.15, 0.2) is 5.82 Å². The highest BCUT2D eigenvalue weighted by atomic mass is 35.5. The summed E-state index contributed by atoms with van der Waals surface area (Å²) in [7, 11) is 0. The molecule has 2 aromatic rings. The minimum absolute atomic E-state index is 0.524. The van der Waals surface area contributed by atoms with Crippen molar-refractivity contribution in [2.24, 2.45) is 0 Å². The molecule has 1 N–H and O–H groups in total. The molecule has 0 unspecified atom stereocenters. The van der Waals surface area contributed by atoms with E-state index in [1.54, 1.807) is 12.1 Å². The lowest BCUT2D eigenvalue weighted by atomic mass is 10.2. The molecule has 17 heavy (non-hydrogen) atoms. The van der Waals surface area contributed by atoms with Crippen molar-refractivity contribution < 1.29 is 0 Å². The third-order valence-electron chi connectivity index (χ3n) is 2.51. The van der Waals surface area contributed by atoms with Crippen LogP contribution in [0.5, 0.6) is 0 Å². The number of benzene rings is 1. The summed E-state index contributed by atoms with van der Waals surface area (Å²) in [5, 5.41) is 5.25.